The number of sulfonamides is 1. The molecular weight excluding hydrogens is 413 g/mol. The molecule has 0 atom stereocenters. The zero-order valence-corrected chi connectivity index (χ0v) is 16.6. The molecule has 3 N–H and O–H groups in total. The summed E-state index contributed by atoms with van der Waals surface area (Å²) in [5.74, 6) is -0.720. The molecule has 9 heteroatoms. The van der Waals surface area contributed by atoms with Gasteiger partial charge in [0.2, 0.25) is 10.0 Å². The Morgan fingerprint density at radius 2 is 1.83 bits per heavy atom. The Morgan fingerprint density at radius 3 is 2.52 bits per heavy atom. The third-order valence-corrected chi connectivity index (χ3v) is 6.26. The summed E-state index contributed by atoms with van der Waals surface area (Å²) in [5.41, 5.74) is 2.12. The van der Waals surface area contributed by atoms with Crippen molar-refractivity contribution in [3.05, 3.63) is 83.1 Å². The van der Waals surface area contributed by atoms with Crippen LogP contribution in [0.15, 0.2) is 70.9 Å². The number of anilines is 1. The molecule has 2 heterocycles. The highest BCUT2D eigenvalue weighted by Crippen LogP contribution is 2.27. The second kappa shape index (κ2) is 7.43. The number of carbonyl (C=O) groups is 1. The maximum atomic E-state index is 14.2. The molecule has 2 aromatic carbocycles. The van der Waals surface area contributed by atoms with Gasteiger partial charge in [0.1, 0.15) is 11.5 Å². The Bertz CT molecular complexity index is 1310. The average Bonchev–Trinajstić information content (AvgIpc) is 3.26. The van der Waals surface area contributed by atoms with E-state index in [9.17, 15) is 17.6 Å². The molecule has 0 radical (unpaired) electrons. The molecule has 0 bridgehead atoms. The fourth-order valence-corrected chi connectivity index (χ4v) is 4.39. The predicted octanol–water partition coefficient (Wildman–Crippen LogP) is 3.79. The number of hydrogen-bond acceptors (Lipinski definition) is 4. The van der Waals surface area contributed by atoms with Crippen LogP contribution in [0.1, 0.15) is 16.1 Å². The van der Waals surface area contributed by atoms with Crippen LogP contribution >= 0.6 is 11.3 Å². The van der Waals surface area contributed by atoms with Crippen LogP contribution in [0.2, 0.25) is 0 Å². The summed E-state index contributed by atoms with van der Waals surface area (Å²) in [4.78, 5) is 12.9. The second-order valence-electron chi connectivity index (χ2n) is 6.40. The van der Waals surface area contributed by atoms with Crippen molar-refractivity contribution in [2.75, 3.05) is 5.32 Å². The molecule has 2 aromatic heterocycles. The second-order valence-corrected chi connectivity index (χ2v) is 8.91. The standard InChI is InChI=1S/C20H16FN3O3S2/c21-16-4-2-1-3-13(16)12-24-17-9-10-28-19(17)11-18(24)20(25)23-14-5-7-15(8-6-14)29(22,26)27/h1-11H,12H2,(H,23,25)(H2,22,26,27). The summed E-state index contributed by atoms with van der Waals surface area (Å²) in [5, 5.41) is 9.74. The first-order valence-corrected chi connectivity index (χ1v) is 11.0. The Balaban J connectivity index is 1.66. The van der Waals surface area contributed by atoms with Crippen molar-refractivity contribution < 1.29 is 17.6 Å². The van der Waals surface area contributed by atoms with Crippen molar-refractivity contribution in [2.24, 2.45) is 5.14 Å². The topological polar surface area (TPSA) is 94.2 Å². The summed E-state index contributed by atoms with van der Waals surface area (Å²) in [6, 6.07) is 15.6. The third-order valence-electron chi connectivity index (χ3n) is 4.48. The number of nitrogens with zero attached hydrogens (tertiary/aromatic N) is 1. The van der Waals surface area contributed by atoms with Gasteiger partial charge in [0.15, 0.2) is 0 Å². The van der Waals surface area contributed by atoms with Crippen LogP contribution < -0.4 is 10.5 Å². The highest BCUT2D eigenvalue weighted by atomic mass is 32.2. The molecule has 1 amide bonds. The van der Waals surface area contributed by atoms with Gasteiger partial charge in [0.25, 0.3) is 5.91 Å². The van der Waals surface area contributed by atoms with Gasteiger partial charge < -0.3 is 9.88 Å². The number of thiophene rings is 1. The highest BCUT2D eigenvalue weighted by molar-refractivity contribution is 7.89. The van der Waals surface area contributed by atoms with Crippen molar-refractivity contribution in [2.45, 2.75) is 11.4 Å². The molecule has 0 aliphatic carbocycles. The number of benzene rings is 2. The van der Waals surface area contributed by atoms with Crippen molar-refractivity contribution >= 4 is 43.2 Å². The monoisotopic (exact) mass is 429 g/mol. The lowest BCUT2D eigenvalue weighted by Gasteiger charge is -2.12. The van der Waals surface area contributed by atoms with E-state index < -0.39 is 10.0 Å². The number of rotatable bonds is 5. The van der Waals surface area contributed by atoms with Gasteiger partial charge in [-0.05, 0) is 47.8 Å². The van der Waals surface area contributed by atoms with E-state index in [0.29, 0.717) is 16.9 Å². The molecule has 0 fully saturated rings. The van der Waals surface area contributed by atoms with Gasteiger partial charge in [0, 0.05) is 11.3 Å². The quantitative estimate of drug-likeness (QED) is 0.505. The number of hydrogen-bond donors (Lipinski definition) is 2. The van der Waals surface area contributed by atoms with Gasteiger partial charge in [-0.25, -0.2) is 17.9 Å². The molecule has 4 aromatic rings. The molecule has 4 rings (SSSR count). The van der Waals surface area contributed by atoms with Crippen LogP contribution in [-0.4, -0.2) is 18.9 Å². The smallest absolute Gasteiger partial charge is 0.272 e. The zero-order chi connectivity index (χ0) is 20.6. The van der Waals surface area contributed by atoms with E-state index in [0.717, 1.165) is 10.2 Å². The van der Waals surface area contributed by atoms with E-state index in [1.54, 1.807) is 28.8 Å². The number of fused-ring (bicyclic) bond motifs is 1. The summed E-state index contributed by atoms with van der Waals surface area (Å²) in [6.07, 6.45) is 0. The first kappa shape index (κ1) is 19.3. The molecule has 0 saturated carbocycles. The number of amides is 1. The maximum Gasteiger partial charge on any atom is 0.272 e. The first-order chi connectivity index (χ1) is 13.8. The fraction of sp³-hybridized carbons (Fsp3) is 0.0500. The minimum absolute atomic E-state index is 0.0426. The number of halogens is 1. The maximum absolute atomic E-state index is 14.2. The van der Waals surface area contributed by atoms with E-state index >= 15 is 0 Å². The van der Waals surface area contributed by atoms with E-state index in [1.807, 2.05) is 11.4 Å². The molecule has 0 saturated heterocycles. The van der Waals surface area contributed by atoms with E-state index in [4.69, 9.17) is 5.14 Å². The normalized spacial score (nSPS) is 11.7. The summed E-state index contributed by atoms with van der Waals surface area (Å²) < 4.78 is 39.5. The lowest BCUT2D eigenvalue weighted by molar-refractivity contribution is 0.101. The minimum atomic E-state index is -3.81. The zero-order valence-electron chi connectivity index (χ0n) is 15.0. The minimum Gasteiger partial charge on any atom is -0.331 e. The van der Waals surface area contributed by atoms with Gasteiger partial charge in [-0.3, -0.25) is 4.79 Å². The molecule has 148 valence electrons. The van der Waals surface area contributed by atoms with Crippen LogP contribution in [-0.2, 0) is 16.6 Å². The molecular formula is C20H16FN3O3S2. The van der Waals surface area contributed by atoms with Crippen LogP contribution in [0.5, 0.6) is 0 Å². The Hall–Kier alpha value is -3.01. The number of carbonyl (C=O) groups excluding carboxylic acids is 1. The average molecular weight is 429 g/mol. The van der Waals surface area contributed by atoms with Crippen molar-refractivity contribution in [1.29, 1.82) is 0 Å². The predicted molar refractivity (Wildman–Crippen MR) is 111 cm³/mol. The third kappa shape index (κ3) is 3.93. The lowest BCUT2D eigenvalue weighted by Crippen LogP contribution is -2.18. The van der Waals surface area contributed by atoms with Gasteiger partial charge >= 0.3 is 0 Å². The lowest BCUT2D eigenvalue weighted by atomic mass is 10.2. The van der Waals surface area contributed by atoms with Crippen molar-refractivity contribution in [1.82, 2.24) is 4.57 Å². The number of nitrogens with two attached hydrogens (primary N) is 1. The molecule has 0 unspecified atom stereocenters. The summed E-state index contributed by atoms with van der Waals surface area (Å²) >= 11 is 1.49. The Labute approximate surface area is 170 Å². The molecule has 0 aliphatic rings. The molecule has 0 spiro atoms. The number of aromatic nitrogens is 1. The van der Waals surface area contributed by atoms with Crippen LogP contribution in [0.25, 0.3) is 10.2 Å². The van der Waals surface area contributed by atoms with Crippen molar-refractivity contribution in [3.63, 3.8) is 0 Å². The van der Waals surface area contributed by atoms with Crippen LogP contribution in [0.4, 0.5) is 10.1 Å². The first-order valence-electron chi connectivity index (χ1n) is 8.57. The van der Waals surface area contributed by atoms with E-state index in [1.165, 1.54) is 41.7 Å². The highest BCUT2D eigenvalue weighted by Gasteiger charge is 2.18. The van der Waals surface area contributed by atoms with Crippen molar-refractivity contribution in [3.8, 4) is 0 Å². The SMILES string of the molecule is NS(=O)(=O)c1ccc(NC(=O)c2cc3sccc3n2Cc2ccccc2F)cc1. The van der Waals surface area contributed by atoms with Gasteiger partial charge in [-0.2, -0.15) is 0 Å². The molecule has 0 aliphatic heterocycles. The van der Waals surface area contributed by atoms with E-state index in [2.05, 4.69) is 5.32 Å². The summed E-state index contributed by atoms with van der Waals surface area (Å²) in [6.45, 7) is 0.208. The van der Waals surface area contributed by atoms with Gasteiger partial charge in [-0.15, -0.1) is 11.3 Å². The number of nitrogens with one attached hydrogen (secondary N) is 1. The molecule has 29 heavy (non-hydrogen) atoms. The van der Waals surface area contributed by atoms with E-state index in [-0.39, 0.29) is 23.2 Å². The van der Waals surface area contributed by atoms with Crippen LogP contribution in [0, 0.1) is 5.82 Å². The van der Waals surface area contributed by atoms with Gasteiger partial charge in [-0.1, -0.05) is 18.2 Å². The molecule has 6 nitrogen and oxygen atoms in total. The Morgan fingerprint density at radius 1 is 1.10 bits per heavy atom. The summed E-state index contributed by atoms with van der Waals surface area (Å²) in [7, 11) is -3.81. The Kier molecular flexibility index (Phi) is 4.95. The fourth-order valence-electron chi connectivity index (χ4n) is 3.06. The van der Waals surface area contributed by atoms with Gasteiger partial charge in [0.05, 0.1) is 21.7 Å². The number of primary sulfonamides is 1. The van der Waals surface area contributed by atoms with Crippen LogP contribution in [0.3, 0.4) is 0 Å². The largest absolute Gasteiger partial charge is 0.331 e.